The molecule has 1 aromatic rings. The summed E-state index contributed by atoms with van der Waals surface area (Å²) in [6, 6.07) is 2.01. The highest BCUT2D eigenvalue weighted by atomic mass is 16.1. The van der Waals surface area contributed by atoms with Crippen LogP contribution in [0.25, 0.3) is 0 Å². The largest absolute Gasteiger partial charge is 0.364 e. The van der Waals surface area contributed by atoms with Crippen molar-refractivity contribution in [1.82, 2.24) is 15.2 Å². The number of aromatic nitrogens is 1. The predicted molar refractivity (Wildman–Crippen MR) is 79.3 cm³/mol. The summed E-state index contributed by atoms with van der Waals surface area (Å²) in [6.07, 6.45) is 4.69. The second kappa shape index (κ2) is 8.75. The summed E-state index contributed by atoms with van der Waals surface area (Å²) in [5.74, 6) is 0.0924. The number of nitrogens with one attached hydrogen (secondary N) is 2. The minimum atomic E-state index is 0.0924. The molecule has 0 radical (unpaired) electrons. The minimum absolute atomic E-state index is 0.0924. The number of hydrogen-bond donors (Lipinski definition) is 2. The van der Waals surface area contributed by atoms with Crippen molar-refractivity contribution in [2.75, 3.05) is 26.2 Å². The van der Waals surface area contributed by atoms with Gasteiger partial charge in [0.15, 0.2) is 0 Å². The maximum atomic E-state index is 11.8. The van der Waals surface area contributed by atoms with Crippen molar-refractivity contribution >= 4 is 5.91 Å². The van der Waals surface area contributed by atoms with Gasteiger partial charge in [-0.25, -0.2) is 0 Å². The van der Waals surface area contributed by atoms with Crippen LogP contribution in [0.5, 0.6) is 0 Å². The van der Waals surface area contributed by atoms with Gasteiger partial charge in [0.25, 0.3) is 0 Å². The Labute approximate surface area is 116 Å². The Morgan fingerprint density at radius 2 is 1.95 bits per heavy atom. The lowest BCUT2D eigenvalue weighted by Gasteiger charge is -2.20. The van der Waals surface area contributed by atoms with E-state index < -0.39 is 0 Å². The molecule has 0 spiro atoms. The van der Waals surface area contributed by atoms with Gasteiger partial charge in [0.05, 0.1) is 6.42 Å². The molecule has 0 aliphatic rings. The van der Waals surface area contributed by atoms with E-state index in [2.05, 4.69) is 29.0 Å². The Hall–Kier alpha value is -1.29. The molecule has 0 unspecified atom stereocenters. The van der Waals surface area contributed by atoms with Crippen LogP contribution < -0.4 is 5.32 Å². The third-order valence-corrected chi connectivity index (χ3v) is 3.07. The van der Waals surface area contributed by atoms with Gasteiger partial charge in [0.1, 0.15) is 0 Å². The normalized spacial score (nSPS) is 10.9. The van der Waals surface area contributed by atoms with E-state index in [1.165, 1.54) is 5.56 Å². The van der Waals surface area contributed by atoms with Crippen molar-refractivity contribution < 1.29 is 4.79 Å². The van der Waals surface area contributed by atoms with E-state index in [-0.39, 0.29) is 5.91 Å². The molecule has 1 rings (SSSR count). The van der Waals surface area contributed by atoms with Crippen LogP contribution in [0.3, 0.4) is 0 Å². The van der Waals surface area contributed by atoms with E-state index in [9.17, 15) is 4.79 Å². The maximum absolute atomic E-state index is 11.8. The zero-order chi connectivity index (χ0) is 14.1. The monoisotopic (exact) mass is 265 g/mol. The number of carbonyl (C=O) groups excluding carboxylic acids is 1. The SMILES string of the molecule is CCCN(CCC)CCNC(=O)Cc1cc(C)c[nH]1. The Morgan fingerprint density at radius 3 is 2.47 bits per heavy atom. The quantitative estimate of drug-likeness (QED) is 0.718. The second-order valence-corrected chi connectivity index (χ2v) is 5.07. The van der Waals surface area contributed by atoms with Gasteiger partial charge in [-0.2, -0.15) is 0 Å². The van der Waals surface area contributed by atoms with Gasteiger partial charge < -0.3 is 15.2 Å². The van der Waals surface area contributed by atoms with Gasteiger partial charge in [-0.15, -0.1) is 0 Å². The van der Waals surface area contributed by atoms with Crippen molar-refractivity contribution in [3.05, 3.63) is 23.5 Å². The Balaban J connectivity index is 2.22. The van der Waals surface area contributed by atoms with Crippen molar-refractivity contribution in [2.24, 2.45) is 0 Å². The van der Waals surface area contributed by atoms with Crippen LogP contribution in [0, 0.1) is 6.92 Å². The average Bonchev–Trinajstić information content (AvgIpc) is 2.75. The molecule has 0 atom stereocenters. The summed E-state index contributed by atoms with van der Waals surface area (Å²) >= 11 is 0. The van der Waals surface area contributed by atoms with Gasteiger partial charge in [-0.3, -0.25) is 4.79 Å². The van der Waals surface area contributed by atoms with Crippen molar-refractivity contribution in [2.45, 2.75) is 40.0 Å². The lowest BCUT2D eigenvalue weighted by Crippen LogP contribution is -2.36. The van der Waals surface area contributed by atoms with E-state index in [4.69, 9.17) is 0 Å². The van der Waals surface area contributed by atoms with Gasteiger partial charge in [-0.05, 0) is 44.5 Å². The molecule has 1 heterocycles. The standard InChI is InChI=1S/C15H27N3O/c1-4-7-18(8-5-2)9-6-16-15(19)11-14-10-13(3)12-17-14/h10,12,17H,4-9,11H2,1-3H3,(H,16,19). The molecular weight excluding hydrogens is 238 g/mol. The molecule has 0 aromatic carbocycles. The molecule has 108 valence electrons. The summed E-state index contributed by atoms with van der Waals surface area (Å²) < 4.78 is 0. The van der Waals surface area contributed by atoms with Crippen LogP contribution in [0.2, 0.25) is 0 Å². The van der Waals surface area contributed by atoms with Gasteiger partial charge in [-0.1, -0.05) is 13.8 Å². The smallest absolute Gasteiger partial charge is 0.225 e. The van der Waals surface area contributed by atoms with E-state index in [0.29, 0.717) is 6.42 Å². The van der Waals surface area contributed by atoms with Crippen LogP contribution in [0.4, 0.5) is 0 Å². The number of aromatic amines is 1. The first kappa shape index (κ1) is 15.8. The lowest BCUT2D eigenvalue weighted by molar-refractivity contribution is -0.120. The molecule has 4 nitrogen and oxygen atoms in total. The molecule has 0 fully saturated rings. The van der Waals surface area contributed by atoms with E-state index in [0.717, 1.165) is 44.7 Å². The first-order chi connectivity index (χ1) is 9.15. The zero-order valence-electron chi connectivity index (χ0n) is 12.5. The van der Waals surface area contributed by atoms with E-state index in [1.54, 1.807) is 0 Å². The molecule has 2 N–H and O–H groups in total. The topological polar surface area (TPSA) is 48.1 Å². The van der Waals surface area contributed by atoms with E-state index in [1.807, 2.05) is 19.2 Å². The molecule has 0 saturated heterocycles. The molecule has 1 aromatic heterocycles. The number of rotatable bonds is 9. The number of amides is 1. The molecular formula is C15H27N3O. The van der Waals surface area contributed by atoms with Crippen LogP contribution in [0.1, 0.15) is 37.9 Å². The highest BCUT2D eigenvalue weighted by molar-refractivity contribution is 5.78. The summed E-state index contributed by atoms with van der Waals surface area (Å²) in [7, 11) is 0. The third-order valence-electron chi connectivity index (χ3n) is 3.07. The van der Waals surface area contributed by atoms with E-state index >= 15 is 0 Å². The molecule has 0 saturated carbocycles. The van der Waals surface area contributed by atoms with Gasteiger partial charge >= 0.3 is 0 Å². The third kappa shape index (κ3) is 6.43. The van der Waals surface area contributed by atoms with Crippen molar-refractivity contribution in [3.8, 4) is 0 Å². The molecule has 0 bridgehead atoms. The van der Waals surface area contributed by atoms with Gasteiger partial charge in [0, 0.05) is 25.0 Å². The van der Waals surface area contributed by atoms with Crippen LogP contribution >= 0.6 is 0 Å². The number of carbonyl (C=O) groups is 1. The fraction of sp³-hybridized carbons (Fsp3) is 0.667. The molecule has 4 heteroatoms. The van der Waals surface area contributed by atoms with Crippen molar-refractivity contribution in [1.29, 1.82) is 0 Å². The second-order valence-electron chi connectivity index (χ2n) is 5.07. The predicted octanol–water partition coefficient (Wildman–Crippen LogP) is 2.10. The first-order valence-corrected chi connectivity index (χ1v) is 7.28. The number of hydrogen-bond acceptors (Lipinski definition) is 2. The average molecular weight is 265 g/mol. The Morgan fingerprint density at radius 1 is 1.26 bits per heavy atom. The fourth-order valence-corrected chi connectivity index (χ4v) is 2.22. The number of nitrogens with zero attached hydrogens (tertiary/aromatic N) is 1. The Bertz CT molecular complexity index is 367. The zero-order valence-corrected chi connectivity index (χ0v) is 12.5. The number of aryl methyl sites for hydroxylation is 1. The molecule has 19 heavy (non-hydrogen) atoms. The highest BCUT2D eigenvalue weighted by Gasteiger charge is 2.06. The number of H-pyrrole nitrogens is 1. The lowest BCUT2D eigenvalue weighted by atomic mass is 10.2. The highest BCUT2D eigenvalue weighted by Crippen LogP contribution is 2.01. The summed E-state index contributed by atoms with van der Waals surface area (Å²) in [5.41, 5.74) is 2.15. The molecule has 0 aliphatic carbocycles. The van der Waals surface area contributed by atoms with Crippen LogP contribution in [-0.2, 0) is 11.2 Å². The summed E-state index contributed by atoms with van der Waals surface area (Å²) in [6.45, 7) is 10.3. The van der Waals surface area contributed by atoms with Crippen LogP contribution in [0.15, 0.2) is 12.3 Å². The molecule has 0 aliphatic heterocycles. The summed E-state index contributed by atoms with van der Waals surface area (Å²) in [5, 5.41) is 2.99. The summed E-state index contributed by atoms with van der Waals surface area (Å²) in [4.78, 5) is 17.3. The molecule has 1 amide bonds. The first-order valence-electron chi connectivity index (χ1n) is 7.28. The van der Waals surface area contributed by atoms with Crippen LogP contribution in [-0.4, -0.2) is 42.0 Å². The van der Waals surface area contributed by atoms with Crippen molar-refractivity contribution in [3.63, 3.8) is 0 Å². The fourth-order valence-electron chi connectivity index (χ4n) is 2.22. The maximum Gasteiger partial charge on any atom is 0.225 e. The Kier molecular flexibility index (Phi) is 7.26. The van der Waals surface area contributed by atoms with Gasteiger partial charge in [0.2, 0.25) is 5.91 Å². The minimum Gasteiger partial charge on any atom is -0.364 e.